The van der Waals surface area contributed by atoms with E-state index in [-0.39, 0.29) is 17.8 Å². The number of aromatic nitrogens is 3. The summed E-state index contributed by atoms with van der Waals surface area (Å²) < 4.78 is 75.1. The van der Waals surface area contributed by atoms with Gasteiger partial charge in [0, 0.05) is 30.6 Å². The van der Waals surface area contributed by atoms with Crippen LogP contribution in [0.4, 0.5) is 26.7 Å². The summed E-state index contributed by atoms with van der Waals surface area (Å²) in [5.41, 5.74) is 0.833. The predicted molar refractivity (Wildman–Crippen MR) is 124 cm³/mol. The van der Waals surface area contributed by atoms with Gasteiger partial charge in [-0.05, 0) is 57.9 Å². The van der Waals surface area contributed by atoms with Crippen LogP contribution in [-0.4, -0.2) is 56.6 Å². The molecule has 1 unspecified atom stereocenters. The zero-order chi connectivity index (χ0) is 27.8. The first-order valence-corrected chi connectivity index (χ1v) is 11.2. The number of carbonyl (C=O) groups is 2. The molecule has 0 bridgehead atoms. The number of amides is 2. The molecule has 3 aromatic heterocycles. The molecule has 0 aliphatic carbocycles. The molecule has 2 amide bonds. The molecule has 4 rings (SSSR count). The number of likely N-dealkylation sites (tertiary alicyclic amines) is 1. The number of halogens is 5. The Hall–Kier alpha value is -3.55. The highest BCUT2D eigenvalue weighted by atomic mass is 19.4. The first kappa shape index (κ1) is 28.0. The third kappa shape index (κ3) is 5.89. The SMILES string of the molecule is Cc1cn2c(ccc3c(C4CCN(C(=O)OC(C)(C)C)C4)cc(C(F)(F)C(F)(F)F)nc32)n1.NNC=O. The van der Waals surface area contributed by atoms with Gasteiger partial charge in [-0.1, -0.05) is 0 Å². The highest BCUT2D eigenvalue weighted by Crippen LogP contribution is 2.45. The lowest BCUT2D eigenvalue weighted by molar-refractivity contribution is -0.290. The molecule has 14 heteroatoms. The van der Waals surface area contributed by atoms with E-state index in [2.05, 4.69) is 15.8 Å². The first-order valence-electron chi connectivity index (χ1n) is 11.2. The number of ether oxygens (including phenoxy) is 1. The predicted octanol–water partition coefficient (Wildman–Crippen LogP) is 4.18. The Morgan fingerprint density at radius 3 is 2.41 bits per heavy atom. The van der Waals surface area contributed by atoms with Crippen molar-refractivity contribution in [2.75, 3.05) is 13.1 Å². The van der Waals surface area contributed by atoms with Crippen molar-refractivity contribution >= 4 is 29.2 Å². The molecular formula is C23H27F5N6O3. The number of hydrazine groups is 1. The van der Waals surface area contributed by atoms with E-state index in [1.54, 1.807) is 45.3 Å². The fourth-order valence-electron chi connectivity index (χ4n) is 4.03. The number of hydrogen-bond donors (Lipinski definition) is 2. The second kappa shape index (κ2) is 10.1. The highest BCUT2D eigenvalue weighted by Gasteiger charge is 2.60. The smallest absolute Gasteiger partial charge is 0.444 e. The quantitative estimate of drug-likeness (QED) is 0.173. The van der Waals surface area contributed by atoms with Gasteiger partial charge >= 0.3 is 18.2 Å². The Bertz CT molecular complexity index is 1300. The number of rotatable bonds is 3. The lowest BCUT2D eigenvalue weighted by atomic mass is 9.94. The van der Waals surface area contributed by atoms with Gasteiger partial charge < -0.3 is 9.64 Å². The Kier molecular flexibility index (Phi) is 7.63. The molecule has 0 saturated carbocycles. The lowest BCUT2D eigenvalue weighted by Crippen LogP contribution is -2.35. The monoisotopic (exact) mass is 530 g/mol. The summed E-state index contributed by atoms with van der Waals surface area (Å²) in [4.78, 5) is 30.8. The molecule has 1 aliphatic rings. The van der Waals surface area contributed by atoms with Crippen LogP contribution in [0.3, 0.4) is 0 Å². The van der Waals surface area contributed by atoms with Crippen LogP contribution in [0.2, 0.25) is 0 Å². The van der Waals surface area contributed by atoms with E-state index in [0.29, 0.717) is 36.1 Å². The van der Waals surface area contributed by atoms with Crippen LogP contribution >= 0.6 is 0 Å². The average Bonchev–Trinajstić information content (AvgIpc) is 3.43. The zero-order valence-corrected chi connectivity index (χ0v) is 20.6. The maximum Gasteiger partial charge on any atom is 0.459 e. The minimum atomic E-state index is -5.80. The number of nitrogens with one attached hydrogen (secondary N) is 1. The van der Waals surface area contributed by atoms with Crippen molar-refractivity contribution < 1.29 is 36.3 Å². The van der Waals surface area contributed by atoms with Gasteiger partial charge in [-0.15, -0.1) is 0 Å². The van der Waals surface area contributed by atoms with E-state index < -0.39 is 35.4 Å². The molecule has 202 valence electrons. The van der Waals surface area contributed by atoms with Gasteiger partial charge in [-0.3, -0.25) is 14.6 Å². The third-order valence-electron chi connectivity index (χ3n) is 5.58. The van der Waals surface area contributed by atoms with Crippen molar-refractivity contribution in [3.05, 3.63) is 41.3 Å². The van der Waals surface area contributed by atoms with E-state index in [9.17, 15) is 26.7 Å². The summed E-state index contributed by atoms with van der Waals surface area (Å²) in [6.07, 6.45) is -4.04. The Balaban J connectivity index is 0.000000886. The largest absolute Gasteiger partial charge is 0.459 e. The van der Waals surface area contributed by atoms with Crippen LogP contribution in [0.1, 0.15) is 50.1 Å². The van der Waals surface area contributed by atoms with Crippen molar-refractivity contribution in [3.63, 3.8) is 0 Å². The molecule has 1 atom stereocenters. The summed E-state index contributed by atoms with van der Waals surface area (Å²) in [7, 11) is 0. The fourth-order valence-corrected chi connectivity index (χ4v) is 4.03. The second-order valence-electron chi connectivity index (χ2n) is 9.55. The summed E-state index contributed by atoms with van der Waals surface area (Å²) >= 11 is 0. The summed E-state index contributed by atoms with van der Waals surface area (Å²) in [5, 5.41) is 0.428. The van der Waals surface area contributed by atoms with E-state index in [0.717, 1.165) is 6.07 Å². The normalized spacial score (nSPS) is 16.5. The molecular weight excluding hydrogens is 503 g/mol. The number of pyridine rings is 2. The van der Waals surface area contributed by atoms with Crippen molar-refractivity contribution in [2.45, 2.75) is 57.7 Å². The van der Waals surface area contributed by atoms with Gasteiger partial charge in [0.2, 0.25) is 6.41 Å². The number of alkyl halides is 5. The van der Waals surface area contributed by atoms with E-state index in [4.69, 9.17) is 9.53 Å². The molecule has 9 nitrogen and oxygen atoms in total. The number of nitrogens with zero attached hydrogens (tertiary/aromatic N) is 4. The number of hydrogen-bond acceptors (Lipinski definition) is 6. The third-order valence-corrected chi connectivity index (χ3v) is 5.58. The van der Waals surface area contributed by atoms with Gasteiger partial charge in [-0.25, -0.2) is 20.6 Å². The first-order chi connectivity index (χ1) is 17.1. The van der Waals surface area contributed by atoms with Crippen LogP contribution in [0.5, 0.6) is 0 Å². The van der Waals surface area contributed by atoms with Crippen LogP contribution in [0.25, 0.3) is 16.7 Å². The number of nitrogens with two attached hydrogens (primary N) is 1. The minimum absolute atomic E-state index is 0.0414. The molecule has 3 aromatic rings. The second-order valence-corrected chi connectivity index (χ2v) is 9.55. The van der Waals surface area contributed by atoms with Crippen LogP contribution in [-0.2, 0) is 15.5 Å². The number of fused-ring (bicyclic) bond motifs is 3. The topological polar surface area (TPSA) is 115 Å². The van der Waals surface area contributed by atoms with Gasteiger partial charge in [0.1, 0.15) is 22.6 Å². The number of carbonyl (C=O) groups excluding carboxylic acids is 2. The van der Waals surface area contributed by atoms with E-state index in [1.165, 1.54) is 15.5 Å². The average molecular weight is 530 g/mol. The Morgan fingerprint density at radius 1 is 1.19 bits per heavy atom. The number of aryl methyl sites for hydroxylation is 1. The maximum atomic E-state index is 14.4. The summed E-state index contributed by atoms with van der Waals surface area (Å²) in [6, 6.07) is 4.09. The Labute approximate surface area is 208 Å². The summed E-state index contributed by atoms with van der Waals surface area (Å²) in [6.45, 7) is 7.27. The minimum Gasteiger partial charge on any atom is -0.444 e. The van der Waals surface area contributed by atoms with Crippen LogP contribution in [0.15, 0.2) is 24.4 Å². The maximum absolute atomic E-state index is 14.4. The zero-order valence-electron chi connectivity index (χ0n) is 20.6. The summed E-state index contributed by atoms with van der Waals surface area (Å²) in [5.74, 6) is -1.20. The van der Waals surface area contributed by atoms with Crippen LogP contribution in [0, 0.1) is 6.92 Å². The molecule has 4 heterocycles. The fraction of sp³-hybridized carbons (Fsp3) is 0.478. The molecule has 0 aromatic carbocycles. The number of imidazole rings is 1. The molecule has 1 fully saturated rings. The lowest BCUT2D eigenvalue weighted by Gasteiger charge is -2.25. The Morgan fingerprint density at radius 2 is 1.84 bits per heavy atom. The van der Waals surface area contributed by atoms with Crippen LogP contribution < -0.4 is 11.3 Å². The van der Waals surface area contributed by atoms with E-state index >= 15 is 0 Å². The molecule has 37 heavy (non-hydrogen) atoms. The van der Waals surface area contributed by atoms with Gasteiger partial charge in [0.05, 0.1) is 5.69 Å². The highest BCUT2D eigenvalue weighted by molar-refractivity contribution is 5.83. The molecule has 3 N–H and O–H groups in total. The van der Waals surface area contributed by atoms with Crippen molar-refractivity contribution in [1.82, 2.24) is 24.7 Å². The standard InChI is InChI=1S/C22H23F5N4O2.CH4N2O/c1-12-10-31-17(28-12)6-5-14-15(9-16(29-18(14)31)21(23,24)22(25,26)27)13-7-8-30(11-13)19(32)33-20(2,3)4;2-3-1-4/h5-6,9-10,13H,7-8,11H2,1-4H3;1H,2H2,(H,3,4). The molecule has 1 saturated heterocycles. The van der Waals surface area contributed by atoms with E-state index in [1.807, 2.05) is 0 Å². The van der Waals surface area contributed by atoms with Crippen molar-refractivity contribution in [2.24, 2.45) is 5.84 Å². The van der Waals surface area contributed by atoms with Gasteiger partial charge in [0.25, 0.3) is 0 Å². The molecule has 0 radical (unpaired) electrons. The molecule has 0 spiro atoms. The van der Waals surface area contributed by atoms with Gasteiger partial charge in [-0.2, -0.15) is 22.0 Å². The van der Waals surface area contributed by atoms with Gasteiger partial charge in [0.15, 0.2) is 0 Å². The van der Waals surface area contributed by atoms with Crippen molar-refractivity contribution in [1.29, 1.82) is 0 Å². The molecule has 1 aliphatic heterocycles. The van der Waals surface area contributed by atoms with Crippen molar-refractivity contribution in [3.8, 4) is 0 Å².